The summed E-state index contributed by atoms with van der Waals surface area (Å²) in [5, 5.41) is 0. The predicted molar refractivity (Wildman–Crippen MR) is 74.3 cm³/mol. The number of hydrogen-bond donors (Lipinski definition) is 0. The van der Waals surface area contributed by atoms with Gasteiger partial charge in [-0.25, -0.2) is 0 Å². The minimum absolute atomic E-state index is 0.000994. The Kier molecular flexibility index (Phi) is 3.92. The highest BCUT2D eigenvalue weighted by atomic mass is 16.7. The molecule has 20 heavy (non-hydrogen) atoms. The average molecular weight is 276 g/mol. The molecule has 1 aliphatic heterocycles. The maximum Gasteiger partial charge on any atom is 0.231 e. The third-order valence-electron chi connectivity index (χ3n) is 4.16. The quantitative estimate of drug-likeness (QED) is 0.792. The van der Waals surface area contributed by atoms with Gasteiger partial charge in [-0.05, 0) is 37.0 Å². The Morgan fingerprint density at radius 3 is 2.90 bits per heavy atom. The number of fused-ring (bicyclic) bond motifs is 1. The summed E-state index contributed by atoms with van der Waals surface area (Å²) >= 11 is 0. The van der Waals surface area contributed by atoms with Crippen molar-refractivity contribution in [2.75, 3.05) is 13.4 Å². The number of carbonyl (C=O) groups is 1. The van der Waals surface area contributed by atoms with Gasteiger partial charge in [0.25, 0.3) is 0 Å². The van der Waals surface area contributed by atoms with Gasteiger partial charge in [0.15, 0.2) is 17.3 Å². The summed E-state index contributed by atoms with van der Waals surface area (Å²) < 4.78 is 16.3. The first-order valence-corrected chi connectivity index (χ1v) is 7.28. The van der Waals surface area contributed by atoms with Gasteiger partial charge in [-0.15, -0.1) is 0 Å². The smallest absolute Gasteiger partial charge is 0.231 e. The van der Waals surface area contributed by atoms with E-state index in [0.717, 1.165) is 6.42 Å². The van der Waals surface area contributed by atoms with Crippen LogP contribution in [0.2, 0.25) is 0 Å². The molecule has 0 saturated heterocycles. The van der Waals surface area contributed by atoms with Crippen LogP contribution in [0.15, 0.2) is 18.2 Å². The minimum Gasteiger partial charge on any atom is -0.454 e. The molecule has 0 N–H and O–H groups in total. The van der Waals surface area contributed by atoms with E-state index in [1.165, 1.54) is 19.3 Å². The molecule has 1 fully saturated rings. The van der Waals surface area contributed by atoms with Crippen molar-refractivity contribution in [1.29, 1.82) is 0 Å². The van der Waals surface area contributed by atoms with Crippen molar-refractivity contribution < 1.29 is 19.0 Å². The number of carbonyl (C=O) groups excluding carboxylic acids is 1. The third kappa shape index (κ3) is 2.80. The summed E-state index contributed by atoms with van der Waals surface area (Å²) in [7, 11) is 0. The molecular formula is C16H20O4. The standard InChI is InChI=1S/C16H20O4/c1-11-4-2-3-5-14(11)18-9-13(17)12-6-7-15-16(8-12)20-10-19-15/h6-8,11,14H,2-5,9-10H2,1H3. The molecule has 4 heteroatoms. The van der Waals surface area contributed by atoms with Crippen LogP contribution in [0, 0.1) is 5.92 Å². The number of ketones is 1. The van der Waals surface area contributed by atoms with Crippen LogP contribution in [-0.4, -0.2) is 25.3 Å². The predicted octanol–water partition coefficient (Wildman–Crippen LogP) is 3.19. The highest BCUT2D eigenvalue weighted by Crippen LogP contribution is 2.32. The topological polar surface area (TPSA) is 44.8 Å². The van der Waals surface area contributed by atoms with Crippen LogP contribution >= 0.6 is 0 Å². The Hall–Kier alpha value is -1.55. The Morgan fingerprint density at radius 2 is 2.05 bits per heavy atom. The third-order valence-corrected chi connectivity index (χ3v) is 4.16. The van der Waals surface area contributed by atoms with Gasteiger partial charge in [-0.1, -0.05) is 19.8 Å². The van der Waals surface area contributed by atoms with Crippen LogP contribution in [0.5, 0.6) is 11.5 Å². The molecule has 1 heterocycles. The van der Waals surface area contributed by atoms with E-state index in [9.17, 15) is 4.79 Å². The zero-order valence-corrected chi connectivity index (χ0v) is 11.8. The lowest BCUT2D eigenvalue weighted by Gasteiger charge is -2.28. The number of hydrogen-bond acceptors (Lipinski definition) is 4. The molecule has 4 nitrogen and oxygen atoms in total. The van der Waals surface area contributed by atoms with Crippen LogP contribution in [-0.2, 0) is 4.74 Å². The molecule has 0 spiro atoms. The fourth-order valence-corrected chi connectivity index (χ4v) is 2.87. The molecule has 108 valence electrons. The van der Waals surface area contributed by atoms with E-state index in [-0.39, 0.29) is 25.3 Å². The maximum absolute atomic E-state index is 12.2. The molecular weight excluding hydrogens is 256 g/mol. The zero-order valence-electron chi connectivity index (χ0n) is 11.8. The van der Waals surface area contributed by atoms with E-state index >= 15 is 0 Å². The second kappa shape index (κ2) is 5.83. The highest BCUT2D eigenvalue weighted by Gasteiger charge is 2.23. The Morgan fingerprint density at radius 1 is 1.25 bits per heavy atom. The second-order valence-corrected chi connectivity index (χ2v) is 5.60. The molecule has 1 saturated carbocycles. The normalized spacial score (nSPS) is 24.6. The van der Waals surface area contributed by atoms with Crippen molar-refractivity contribution in [2.24, 2.45) is 5.92 Å². The van der Waals surface area contributed by atoms with Gasteiger partial charge in [0.2, 0.25) is 6.79 Å². The first-order chi connectivity index (χ1) is 9.74. The lowest BCUT2D eigenvalue weighted by atomic mass is 9.88. The molecule has 0 aromatic heterocycles. The van der Waals surface area contributed by atoms with E-state index < -0.39 is 0 Å². The summed E-state index contributed by atoms with van der Waals surface area (Å²) in [5.74, 6) is 1.89. The van der Waals surface area contributed by atoms with Crippen molar-refractivity contribution in [3.05, 3.63) is 23.8 Å². The van der Waals surface area contributed by atoms with Crippen LogP contribution in [0.3, 0.4) is 0 Å². The van der Waals surface area contributed by atoms with Crippen LogP contribution < -0.4 is 9.47 Å². The Labute approximate surface area is 119 Å². The molecule has 1 aromatic rings. The minimum atomic E-state index is 0.000994. The van der Waals surface area contributed by atoms with Crippen LogP contribution in [0.1, 0.15) is 43.0 Å². The maximum atomic E-state index is 12.2. The largest absolute Gasteiger partial charge is 0.454 e. The molecule has 0 bridgehead atoms. The van der Waals surface area contributed by atoms with Gasteiger partial charge in [0.1, 0.15) is 6.61 Å². The van der Waals surface area contributed by atoms with Crippen molar-refractivity contribution in [3.63, 3.8) is 0 Å². The van der Waals surface area contributed by atoms with Crippen molar-refractivity contribution in [1.82, 2.24) is 0 Å². The summed E-state index contributed by atoms with van der Waals surface area (Å²) in [4.78, 5) is 12.2. The summed E-state index contributed by atoms with van der Waals surface area (Å²) in [5.41, 5.74) is 0.623. The van der Waals surface area contributed by atoms with Crippen LogP contribution in [0.4, 0.5) is 0 Å². The lowest BCUT2D eigenvalue weighted by Crippen LogP contribution is -2.27. The highest BCUT2D eigenvalue weighted by molar-refractivity contribution is 5.97. The van der Waals surface area contributed by atoms with Gasteiger partial charge in [-0.3, -0.25) is 4.79 Å². The van der Waals surface area contributed by atoms with Crippen molar-refractivity contribution in [3.8, 4) is 11.5 Å². The fraction of sp³-hybridized carbons (Fsp3) is 0.562. The van der Waals surface area contributed by atoms with Gasteiger partial charge in [-0.2, -0.15) is 0 Å². The van der Waals surface area contributed by atoms with E-state index in [0.29, 0.717) is 23.0 Å². The zero-order chi connectivity index (χ0) is 13.9. The lowest BCUT2D eigenvalue weighted by molar-refractivity contribution is 0.000743. The van der Waals surface area contributed by atoms with E-state index in [4.69, 9.17) is 14.2 Å². The molecule has 2 atom stereocenters. The van der Waals surface area contributed by atoms with Gasteiger partial charge >= 0.3 is 0 Å². The van der Waals surface area contributed by atoms with E-state index in [2.05, 4.69) is 6.92 Å². The van der Waals surface area contributed by atoms with Gasteiger partial charge in [0.05, 0.1) is 6.10 Å². The summed E-state index contributed by atoms with van der Waals surface area (Å²) in [6, 6.07) is 5.28. The first kappa shape index (κ1) is 13.4. The molecule has 1 aromatic carbocycles. The monoisotopic (exact) mass is 276 g/mol. The van der Waals surface area contributed by atoms with Gasteiger partial charge < -0.3 is 14.2 Å². The molecule has 0 amide bonds. The van der Waals surface area contributed by atoms with E-state index in [1.54, 1.807) is 18.2 Å². The number of ether oxygens (including phenoxy) is 3. The average Bonchev–Trinajstić information content (AvgIpc) is 2.93. The van der Waals surface area contributed by atoms with Crippen LogP contribution in [0.25, 0.3) is 0 Å². The number of rotatable bonds is 4. The molecule has 2 aliphatic rings. The number of benzene rings is 1. The Balaban J connectivity index is 1.59. The van der Waals surface area contributed by atoms with E-state index in [1.807, 2.05) is 0 Å². The number of Topliss-reactive ketones (excluding diaryl/α,β-unsaturated/α-hetero) is 1. The summed E-state index contributed by atoms with van der Waals surface area (Å²) in [6.45, 7) is 2.58. The van der Waals surface area contributed by atoms with Crippen molar-refractivity contribution >= 4 is 5.78 Å². The van der Waals surface area contributed by atoms with Gasteiger partial charge in [0, 0.05) is 5.56 Å². The second-order valence-electron chi connectivity index (χ2n) is 5.60. The fourth-order valence-electron chi connectivity index (χ4n) is 2.87. The molecule has 2 unspecified atom stereocenters. The summed E-state index contributed by atoms with van der Waals surface area (Å²) in [6.07, 6.45) is 4.96. The SMILES string of the molecule is CC1CCCCC1OCC(=O)c1ccc2c(c1)OCO2. The molecule has 3 rings (SSSR count). The first-order valence-electron chi connectivity index (χ1n) is 7.28. The molecule has 0 radical (unpaired) electrons. The Bertz CT molecular complexity index is 497. The molecule has 1 aliphatic carbocycles. The van der Waals surface area contributed by atoms with Crippen molar-refractivity contribution in [2.45, 2.75) is 38.7 Å².